The lowest BCUT2D eigenvalue weighted by molar-refractivity contribution is -0.137. The average Bonchev–Trinajstić information content (AvgIpc) is 3.12. The number of aryl methyl sites for hydroxylation is 1. The van der Waals surface area contributed by atoms with Crippen LogP contribution < -0.4 is 0 Å². The average molecular weight is 415 g/mol. The Morgan fingerprint density at radius 2 is 1.83 bits per heavy atom. The minimum Gasteiger partial charge on any atom is -0.329 e. The van der Waals surface area contributed by atoms with E-state index in [0.717, 1.165) is 17.7 Å². The van der Waals surface area contributed by atoms with E-state index in [9.17, 15) is 18.0 Å². The van der Waals surface area contributed by atoms with E-state index in [4.69, 9.17) is 0 Å². The van der Waals surface area contributed by atoms with Gasteiger partial charge >= 0.3 is 6.18 Å². The van der Waals surface area contributed by atoms with Crippen LogP contribution >= 0.6 is 0 Å². The molecule has 3 rings (SSSR count). The number of carbonyl (C=O) groups excluding carboxylic acids is 1. The fraction of sp³-hybridized carbons (Fsp3) is 0.304. The van der Waals surface area contributed by atoms with Crippen LogP contribution in [0.4, 0.5) is 13.2 Å². The second kappa shape index (κ2) is 8.73. The fourth-order valence-corrected chi connectivity index (χ4v) is 3.18. The normalized spacial score (nSPS) is 11.7. The topological polar surface area (TPSA) is 38.1 Å². The molecule has 0 aliphatic carbocycles. The fourth-order valence-electron chi connectivity index (χ4n) is 3.18. The molecular weight excluding hydrogens is 391 g/mol. The van der Waals surface area contributed by atoms with E-state index in [2.05, 4.69) is 4.98 Å². The van der Waals surface area contributed by atoms with Crippen molar-refractivity contribution in [3.05, 3.63) is 89.0 Å². The first kappa shape index (κ1) is 21.6. The highest BCUT2D eigenvalue weighted by Crippen LogP contribution is 2.29. The number of hydrogen-bond acceptors (Lipinski definition) is 2. The SMILES string of the molecule is Cc1ccc(C(=O)N(Cc2nccn2Cc2cccc(C(F)(F)F)c2)C(C)C)cc1. The minimum atomic E-state index is -4.39. The molecule has 0 aliphatic heterocycles. The van der Waals surface area contributed by atoms with Gasteiger partial charge in [-0.3, -0.25) is 4.79 Å². The molecule has 0 atom stereocenters. The molecule has 1 amide bonds. The summed E-state index contributed by atoms with van der Waals surface area (Å²) in [5.74, 6) is 0.500. The molecule has 0 bridgehead atoms. The minimum absolute atomic E-state index is 0.0717. The molecule has 158 valence electrons. The summed E-state index contributed by atoms with van der Waals surface area (Å²) in [6.07, 6.45) is -1.08. The third-order valence-corrected chi connectivity index (χ3v) is 4.90. The van der Waals surface area contributed by atoms with Gasteiger partial charge in [0.2, 0.25) is 0 Å². The van der Waals surface area contributed by atoms with Crippen molar-refractivity contribution in [3.63, 3.8) is 0 Å². The maximum Gasteiger partial charge on any atom is 0.416 e. The molecule has 0 saturated carbocycles. The Bertz CT molecular complexity index is 1010. The zero-order valence-corrected chi connectivity index (χ0v) is 17.1. The number of hydrogen-bond donors (Lipinski definition) is 0. The Morgan fingerprint density at radius 1 is 1.13 bits per heavy atom. The summed E-state index contributed by atoms with van der Waals surface area (Å²) in [4.78, 5) is 19.1. The van der Waals surface area contributed by atoms with Crippen molar-refractivity contribution >= 4 is 5.91 Å². The number of alkyl halides is 3. The third-order valence-electron chi connectivity index (χ3n) is 4.90. The molecule has 7 heteroatoms. The van der Waals surface area contributed by atoms with E-state index in [-0.39, 0.29) is 25.0 Å². The molecule has 4 nitrogen and oxygen atoms in total. The van der Waals surface area contributed by atoms with Crippen LogP contribution in [0.1, 0.15) is 46.7 Å². The maximum absolute atomic E-state index is 13.0. The monoisotopic (exact) mass is 415 g/mol. The van der Waals surface area contributed by atoms with Gasteiger partial charge in [0.25, 0.3) is 5.91 Å². The highest BCUT2D eigenvalue weighted by molar-refractivity contribution is 5.94. The molecule has 30 heavy (non-hydrogen) atoms. The van der Waals surface area contributed by atoms with Gasteiger partial charge in [-0.25, -0.2) is 4.98 Å². The number of aromatic nitrogens is 2. The van der Waals surface area contributed by atoms with Crippen LogP contribution in [0.5, 0.6) is 0 Å². The molecule has 0 aliphatic rings. The van der Waals surface area contributed by atoms with E-state index in [1.54, 1.807) is 40.1 Å². The first-order chi connectivity index (χ1) is 14.1. The van der Waals surface area contributed by atoms with E-state index in [1.165, 1.54) is 6.07 Å². The standard InChI is InChI=1S/C23H24F3N3O/c1-16(2)29(22(30)19-9-7-17(3)8-10-19)15-21-27-11-12-28(21)14-18-5-4-6-20(13-18)23(24,25)26/h4-13,16H,14-15H2,1-3H3. The lowest BCUT2D eigenvalue weighted by atomic mass is 10.1. The van der Waals surface area contributed by atoms with Gasteiger partial charge < -0.3 is 9.47 Å². The summed E-state index contributed by atoms with van der Waals surface area (Å²) in [6.45, 7) is 6.30. The summed E-state index contributed by atoms with van der Waals surface area (Å²) < 4.78 is 40.8. The van der Waals surface area contributed by atoms with Crippen LogP contribution in [0.2, 0.25) is 0 Å². The Hall–Kier alpha value is -3.09. The van der Waals surface area contributed by atoms with Crippen LogP contribution in [-0.4, -0.2) is 26.4 Å². The van der Waals surface area contributed by atoms with E-state index < -0.39 is 11.7 Å². The zero-order valence-electron chi connectivity index (χ0n) is 17.1. The van der Waals surface area contributed by atoms with Crippen molar-refractivity contribution in [2.24, 2.45) is 0 Å². The highest BCUT2D eigenvalue weighted by Gasteiger charge is 2.30. The Labute approximate surface area is 174 Å². The van der Waals surface area contributed by atoms with E-state index in [0.29, 0.717) is 17.0 Å². The summed E-state index contributed by atoms with van der Waals surface area (Å²) in [5.41, 5.74) is 1.50. The molecule has 1 aromatic heterocycles. The van der Waals surface area contributed by atoms with Gasteiger partial charge in [0.15, 0.2) is 0 Å². The predicted molar refractivity (Wildman–Crippen MR) is 109 cm³/mol. The molecular formula is C23H24F3N3O. The van der Waals surface area contributed by atoms with Crippen LogP contribution in [0.15, 0.2) is 60.9 Å². The number of imidazole rings is 1. The van der Waals surface area contributed by atoms with Gasteiger partial charge in [-0.15, -0.1) is 0 Å². The summed E-state index contributed by atoms with van der Waals surface area (Å²) >= 11 is 0. The van der Waals surface area contributed by atoms with Gasteiger partial charge in [0, 0.05) is 30.5 Å². The largest absolute Gasteiger partial charge is 0.416 e. The van der Waals surface area contributed by atoms with Crippen LogP contribution in [0, 0.1) is 6.92 Å². The number of halogens is 3. The number of carbonyl (C=O) groups is 1. The first-order valence-corrected chi connectivity index (χ1v) is 9.69. The molecule has 0 radical (unpaired) electrons. The maximum atomic E-state index is 13.0. The second-order valence-corrected chi connectivity index (χ2v) is 7.56. The van der Waals surface area contributed by atoms with Gasteiger partial charge in [-0.2, -0.15) is 13.2 Å². The van der Waals surface area contributed by atoms with Gasteiger partial charge in [0.05, 0.1) is 12.1 Å². The number of amides is 1. The van der Waals surface area contributed by atoms with Gasteiger partial charge in [0.1, 0.15) is 5.82 Å². The van der Waals surface area contributed by atoms with Crippen LogP contribution in [0.3, 0.4) is 0 Å². The molecule has 0 saturated heterocycles. The lowest BCUT2D eigenvalue weighted by Crippen LogP contribution is -2.37. The molecule has 0 spiro atoms. The van der Waals surface area contributed by atoms with Crippen molar-refractivity contribution in [1.29, 1.82) is 0 Å². The van der Waals surface area contributed by atoms with Crippen molar-refractivity contribution in [2.45, 2.75) is 46.1 Å². The Balaban J connectivity index is 1.81. The number of nitrogens with zero attached hydrogens (tertiary/aromatic N) is 3. The Kier molecular flexibility index (Phi) is 6.29. The van der Waals surface area contributed by atoms with E-state index >= 15 is 0 Å². The van der Waals surface area contributed by atoms with Crippen molar-refractivity contribution < 1.29 is 18.0 Å². The molecule has 0 N–H and O–H groups in total. The summed E-state index contributed by atoms with van der Waals surface area (Å²) in [5, 5.41) is 0. The predicted octanol–water partition coefficient (Wildman–Crippen LogP) is 5.31. The van der Waals surface area contributed by atoms with Gasteiger partial charge in [-0.05, 0) is 50.6 Å². The Morgan fingerprint density at radius 3 is 2.47 bits per heavy atom. The van der Waals surface area contributed by atoms with Crippen molar-refractivity contribution in [2.75, 3.05) is 0 Å². The highest BCUT2D eigenvalue weighted by atomic mass is 19.4. The number of rotatable bonds is 6. The van der Waals surface area contributed by atoms with Gasteiger partial charge in [-0.1, -0.05) is 29.8 Å². The molecule has 0 fully saturated rings. The molecule has 1 heterocycles. The quantitative estimate of drug-likeness (QED) is 0.547. The number of benzene rings is 2. The van der Waals surface area contributed by atoms with Crippen molar-refractivity contribution in [3.8, 4) is 0 Å². The smallest absolute Gasteiger partial charge is 0.329 e. The van der Waals surface area contributed by atoms with Crippen LogP contribution in [-0.2, 0) is 19.3 Å². The molecule has 3 aromatic rings. The lowest BCUT2D eigenvalue weighted by Gasteiger charge is -2.27. The summed E-state index contributed by atoms with van der Waals surface area (Å²) in [7, 11) is 0. The molecule has 0 unspecified atom stereocenters. The van der Waals surface area contributed by atoms with Crippen molar-refractivity contribution in [1.82, 2.24) is 14.5 Å². The third kappa shape index (κ3) is 5.09. The van der Waals surface area contributed by atoms with Crippen LogP contribution in [0.25, 0.3) is 0 Å². The van der Waals surface area contributed by atoms with E-state index in [1.807, 2.05) is 32.9 Å². The summed E-state index contributed by atoms with van der Waals surface area (Å²) in [6, 6.07) is 12.5. The zero-order chi connectivity index (χ0) is 21.9. The molecule has 2 aromatic carbocycles. The second-order valence-electron chi connectivity index (χ2n) is 7.56. The first-order valence-electron chi connectivity index (χ1n) is 9.69.